The molecule has 0 radical (unpaired) electrons. The number of hydrogen-bond acceptors (Lipinski definition) is 3. The zero-order chi connectivity index (χ0) is 14.8. The van der Waals surface area contributed by atoms with Crippen LogP contribution < -0.4 is 10.8 Å². The quantitative estimate of drug-likeness (QED) is 0.838. The Morgan fingerprint density at radius 3 is 2.67 bits per heavy atom. The van der Waals surface area contributed by atoms with E-state index in [0.29, 0.717) is 18.8 Å². The molecule has 0 aromatic heterocycles. The molecule has 3 amide bonds. The molecule has 112 valence electrons. The zero-order valence-electron chi connectivity index (χ0n) is 12.0. The van der Waals surface area contributed by atoms with Gasteiger partial charge in [-0.25, -0.2) is 10.3 Å². The van der Waals surface area contributed by atoms with E-state index in [1.807, 2.05) is 18.2 Å². The maximum atomic E-state index is 11.7. The van der Waals surface area contributed by atoms with E-state index in [2.05, 4.69) is 10.8 Å². The first-order chi connectivity index (χ1) is 10.1. The number of benzene rings is 1. The van der Waals surface area contributed by atoms with Crippen LogP contribution in [0, 0.1) is 0 Å². The summed E-state index contributed by atoms with van der Waals surface area (Å²) in [6, 6.07) is 5.32. The van der Waals surface area contributed by atoms with Gasteiger partial charge < -0.3 is 10.2 Å². The topological polar surface area (TPSA) is 70.7 Å². The molecule has 1 saturated carbocycles. The molecule has 0 atom stereocenters. The number of hydrogen-bond donors (Lipinski definition) is 2. The number of urea groups is 1. The Morgan fingerprint density at radius 2 is 2.00 bits per heavy atom. The van der Waals surface area contributed by atoms with Crippen LogP contribution in [0.5, 0.6) is 0 Å². The van der Waals surface area contributed by atoms with Crippen molar-refractivity contribution in [2.75, 3.05) is 5.32 Å². The number of anilines is 1. The molecule has 1 aliphatic carbocycles. The molecule has 1 aromatic carbocycles. The lowest BCUT2D eigenvalue weighted by molar-refractivity contribution is -0.129. The summed E-state index contributed by atoms with van der Waals surface area (Å²) in [5.41, 5.74) is 5.31. The Bertz CT molecular complexity index is 569. The second kappa shape index (κ2) is 5.73. The van der Waals surface area contributed by atoms with E-state index >= 15 is 0 Å². The highest BCUT2D eigenvalue weighted by atomic mass is 16.7. The third-order valence-corrected chi connectivity index (χ3v) is 4.00. The molecule has 3 rings (SSSR count). The van der Waals surface area contributed by atoms with E-state index in [4.69, 9.17) is 4.84 Å². The number of carbonyl (C=O) groups is 2. The standard InChI is InChI=1S/C15H19N3O3/c1-10(19)18-8-11-5-6-13(7-12(11)9-18)16-15(20)17-21-14-3-2-4-14/h5-7,14H,2-4,8-9H2,1H3,(H2,16,17,20). The van der Waals surface area contributed by atoms with E-state index in [-0.39, 0.29) is 18.0 Å². The van der Waals surface area contributed by atoms with Crippen LogP contribution in [0.2, 0.25) is 0 Å². The Kier molecular flexibility index (Phi) is 3.79. The molecule has 0 unspecified atom stereocenters. The lowest BCUT2D eigenvalue weighted by atomic mass is 9.97. The zero-order valence-corrected chi connectivity index (χ0v) is 12.0. The Morgan fingerprint density at radius 1 is 1.24 bits per heavy atom. The van der Waals surface area contributed by atoms with Crippen LogP contribution in [0.15, 0.2) is 18.2 Å². The summed E-state index contributed by atoms with van der Waals surface area (Å²) < 4.78 is 0. The minimum Gasteiger partial charge on any atom is -0.334 e. The first kappa shape index (κ1) is 13.9. The fourth-order valence-electron chi connectivity index (χ4n) is 2.48. The van der Waals surface area contributed by atoms with Crippen molar-refractivity contribution < 1.29 is 14.4 Å². The second-order valence-electron chi connectivity index (χ2n) is 5.59. The Labute approximate surface area is 123 Å². The summed E-state index contributed by atoms with van der Waals surface area (Å²) in [6.45, 7) is 2.80. The van der Waals surface area contributed by atoms with Gasteiger partial charge in [-0.3, -0.25) is 9.63 Å². The van der Waals surface area contributed by atoms with Crippen LogP contribution in [0.4, 0.5) is 10.5 Å². The van der Waals surface area contributed by atoms with Crippen LogP contribution in [0.3, 0.4) is 0 Å². The number of carbonyl (C=O) groups excluding carboxylic acids is 2. The lowest BCUT2D eigenvalue weighted by Crippen LogP contribution is -2.35. The molecule has 2 aliphatic rings. The first-order valence-electron chi connectivity index (χ1n) is 7.22. The van der Waals surface area contributed by atoms with Gasteiger partial charge in [-0.2, -0.15) is 0 Å². The van der Waals surface area contributed by atoms with Crippen LogP contribution >= 0.6 is 0 Å². The maximum absolute atomic E-state index is 11.7. The molecule has 6 heteroatoms. The molecule has 21 heavy (non-hydrogen) atoms. The molecular weight excluding hydrogens is 270 g/mol. The lowest BCUT2D eigenvalue weighted by Gasteiger charge is -2.24. The van der Waals surface area contributed by atoms with E-state index in [9.17, 15) is 9.59 Å². The molecule has 6 nitrogen and oxygen atoms in total. The highest BCUT2D eigenvalue weighted by molar-refractivity contribution is 5.88. The van der Waals surface area contributed by atoms with Crippen LogP contribution in [0.1, 0.15) is 37.3 Å². The molecule has 1 fully saturated rings. The summed E-state index contributed by atoms with van der Waals surface area (Å²) in [4.78, 5) is 30.1. The van der Waals surface area contributed by atoms with Gasteiger partial charge in [0.1, 0.15) is 0 Å². The second-order valence-corrected chi connectivity index (χ2v) is 5.59. The van der Waals surface area contributed by atoms with Gasteiger partial charge in [0.05, 0.1) is 6.10 Å². The Balaban J connectivity index is 1.56. The number of hydroxylamine groups is 1. The average molecular weight is 289 g/mol. The van der Waals surface area contributed by atoms with Gasteiger partial charge in [-0.15, -0.1) is 0 Å². The van der Waals surface area contributed by atoms with Crippen molar-refractivity contribution >= 4 is 17.6 Å². The predicted octanol–water partition coefficient (Wildman–Crippen LogP) is 2.15. The number of nitrogens with zero attached hydrogens (tertiary/aromatic N) is 1. The van der Waals surface area contributed by atoms with Crippen LogP contribution in [-0.2, 0) is 22.7 Å². The number of rotatable bonds is 3. The van der Waals surface area contributed by atoms with Crippen molar-refractivity contribution in [3.63, 3.8) is 0 Å². The Hall–Kier alpha value is -2.08. The van der Waals surface area contributed by atoms with Crippen molar-refractivity contribution in [2.45, 2.75) is 45.4 Å². The monoisotopic (exact) mass is 289 g/mol. The van der Waals surface area contributed by atoms with Crippen molar-refractivity contribution in [2.24, 2.45) is 0 Å². The summed E-state index contributed by atoms with van der Waals surface area (Å²) in [6.07, 6.45) is 3.31. The maximum Gasteiger partial charge on any atom is 0.343 e. The van der Waals surface area contributed by atoms with Crippen molar-refractivity contribution in [3.8, 4) is 0 Å². The van der Waals surface area contributed by atoms with Gasteiger partial charge in [0, 0.05) is 25.7 Å². The molecule has 1 heterocycles. The minimum atomic E-state index is -0.372. The van der Waals surface area contributed by atoms with Crippen LogP contribution in [-0.4, -0.2) is 22.9 Å². The molecule has 2 N–H and O–H groups in total. The number of nitrogens with one attached hydrogen (secondary N) is 2. The summed E-state index contributed by atoms with van der Waals surface area (Å²) >= 11 is 0. The smallest absolute Gasteiger partial charge is 0.334 e. The molecule has 0 bridgehead atoms. The molecule has 1 aliphatic heterocycles. The van der Waals surface area contributed by atoms with Gasteiger partial charge in [0.2, 0.25) is 5.91 Å². The molecule has 0 saturated heterocycles. The van der Waals surface area contributed by atoms with E-state index in [1.165, 1.54) is 0 Å². The summed E-state index contributed by atoms with van der Waals surface area (Å²) in [5, 5.41) is 2.74. The predicted molar refractivity (Wildman–Crippen MR) is 77.2 cm³/mol. The van der Waals surface area contributed by atoms with Crippen LogP contribution in [0.25, 0.3) is 0 Å². The van der Waals surface area contributed by atoms with Crippen molar-refractivity contribution in [1.29, 1.82) is 0 Å². The van der Waals surface area contributed by atoms with E-state index < -0.39 is 0 Å². The first-order valence-corrected chi connectivity index (χ1v) is 7.22. The minimum absolute atomic E-state index is 0.0624. The fourth-order valence-corrected chi connectivity index (χ4v) is 2.48. The summed E-state index contributed by atoms with van der Waals surface area (Å²) in [7, 11) is 0. The SMILES string of the molecule is CC(=O)N1Cc2ccc(NC(=O)NOC3CCC3)cc2C1. The molecular formula is C15H19N3O3. The normalized spacial score (nSPS) is 17.1. The van der Waals surface area contributed by atoms with Gasteiger partial charge in [0.25, 0.3) is 0 Å². The highest BCUT2D eigenvalue weighted by Crippen LogP contribution is 2.25. The molecule has 0 spiro atoms. The van der Waals surface area contributed by atoms with Gasteiger partial charge in [-0.1, -0.05) is 6.07 Å². The fraction of sp³-hybridized carbons (Fsp3) is 0.467. The molecule has 1 aromatic rings. The van der Waals surface area contributed by atoms with Crippen molar-refractivity contribution in [3.05, 3.63) is 29.3 Å². The average Bonchev–Trinajstić information content (AvgIpc) is 2.80. The van der Waals surface area contributed by atoms with Gasteiger partial charge >= 0.3 is 6.03 Å². The third kappa shape index (κ3) is 3.16. The van der Waals surface area contributed by atoms with Gasteiger partial charge in [-0.05, 0) is 42.5 Å². The van der Waals surface area contributed by atoms with Crippen molar-refractivity contribution in [1.82, 2.24) is 10.4 Å². The third-order valence-electron chi connectivity index (χ3n) is 4.00. The number of amides is 3. The summed E-state index contributed by atoms with van der Waals surface area (Å²) in [5.74, 6) is 0.0624. The largest absolute Gasteiger partial charge is 0.343 e. The van der Waals surface area contributed by atoms with E-state index in [1.54, 1.807) is 11.8 Å². The number of fused-ring (bicyclic) bond motifs is 1. The van der Waals surface area contributed by atoms with E-state index in [0.717, 1.165) is 30.4 Å². The van der Waals surface area contributed by atoms with Gasteiger partial charge in [0.15, 0.2) is 0 Å². The highest BCUT2D eigenvalue weighted by Gasteiger charge is 2.22.